The molecule has 0 saturated heterocycles. The molecule has 0 radical (unpaired) electrons. The lowest BCUT2D eigenvalue weighted by atomic mass is 10.2. The van der Waals surface area contributed by atoms with E-state index < -0.39 is 11.0 Å². The number of ketones is 1. The van der Waals surface area contributed by atoms with Gasteiger partial charge in [0.25, 0.3) is 0 Å². The van der Waals surface area contributed by atoms with Gasteiger partial charge in [0.05, 0.1) is 4.90 Å². The van der Waals surface area contributed by atoms with Crippen LogP contribution in [0.1, 0.15) is 12.0 Å². The lowest BCUT2D eigenvalue weighted by Crippen LogP contribution is -2.28. The van der Waals surface area contributed by atoms with E-state index in [4.69, 9.17) is 0 Å². The van der Waals surface area contributed by atoms with E-state index in [2.05, 4.69) is 4.72 Å². The quantitative estimate of drug-likeness (QED) is 0.863. The summed E-state index contributed by atoms with van der Waals surface area (Å²) in [5.41, 5.74) is 1.14. The first-order valence-corrected chi connectivity index (χ1v) is 6.26. The highest BCUT2D eigenvalue weighted by Crippen LogP contribution is 2.11. The lowest BCUT2D eigenvalue weighted by Gasteiger charge is -2.09. The minimum absolute atomic E-state index is 0.0819. The Labute approximate surface area is 97.1 Å². The number of hydrogen-bond acceptors (Lipinski definition) is 2. The minimum atomic E-state index is -1.25. The number of allylic oxidation sites excluding steroid dienone is 1. The fourth-order valence-corrected chi connectivity index (χ4v) is 2.48. The molecule has 1 aromatic rings. The summed E-state index contributed by atoms with van der Waals surface area (Å²) in [5.74, 6) is 0.0819. The predicted molar refractivity (Wildman–Crippen MR) is 63.3 cm³/mol. The van der Waals surface area contributed by atoms with Gasteiger partial charge in [-0.3, -0.25) is 4.79 Å². The molecular weight excluding hydrogens is 222 g/mol. The minimum Gasteiger partial charge on any atom is -0.295 e. The molecule has 3 nitrogen and oxygen atoms in total. The van der Waals surface area contributed by atoms with Gasteiger partial charge in [0, 0.05) is 12.5 Å². The second kappa shape index (κ2) is 4.72. The van der Waals surface area contributed by atoms with E-state index in [1.807, 2.05) is 31.2 Å². The van der Waals surface area contributed by atoms with Crippen LogP contribution in [0, 0.1) is 6.92 Å². The van der Waals surface area contributed by atoms with Crippen LogP contribution in [0.5, 0.6) is 0 Å². The van der Waals surface area contributed by atoms with Crippen molar-refractivity contribution in [3.8, 4) is 0 Å². The molecule has 2 atom stereocenters. The van der Waals surface area contributed by atoms with Crippen molar-refractivity contribution in [2.45, 2.75) is 24.3 Å². The summed E-state index contributed by atoms with van der Waals surface area (Å²) in [5, 5.41) is 0. The van der Waals surface area contributed by atoms with Crippen molar-refractivity contribution in [3.05, 3.63) is 42.0 Å². The van der Waals surface area contributed by atoms with Gasteiger partial charge in [0.1, 0.15) is 11.0 Å². The summed E-state index contributed by atoms with van der Waals surface area (Å²) in [6.07, 6.45) is 3.69. The number of aryl methyl sites for hydroxylation is 1. The number of carbonyl (C=O) groups is 1. The molecule has 0 aliphatic heterocycles. The van der Waals surface area contributed by atoms with Crippen LogP contribution >= 0.6 is 0 Å². The third-order valence-electron chi connectivity index (χ3n) is 2.43. The number of hydrogen-bond donors (Lipinski definition) is 1. The molecule has 0 aromatic heterocycles. The van der Waals surface area contributed by atoms with Crippen molar-refractivity contribution in [1.82, 2.24) is 4.72 Å². The molecule has 0 bridgehead atoms. The van der Waals surface area contributed by atoms with Crippen LogP contribution in [-0.2, 0) is 15.8 Å². The molecule has 1 unspecified atom stereocenters. The molecule has 1 N–H and O–H groups in total. The summed E-state index contributed by atoms with van der Waals surface area (Å²) in [4.78, 5) is 11.7. The molecule has 16 heavy (non-hydrogen) atoms. The van der Waals surface area contributed by atoms with Gasteiger partial charge in [-0.25, -0.2) is 8.93 Å². The molecule has 0 heterocycles. The normalized spacial score (nSPS) is 21.3. The molecule has 4 heteroatoms. The van der Waals surface area contributed by atoms with Crippen molar-refractivity contribution in [1.29, 1.82) is 0 Å². The largest absolute Gasteiger partial charge is 0.295 e. The number of rotatable bonds is 3. The summed E-state index contributed by atoms with van der Waals surface area (Å²) in [7, 11) is -1.25. The summed E-state index contributed by atoms with van der Waals surface area (Å²) >= 11 is 0. The lowest BCUT2D eigenvalue weighted by molar-refractivity contribution is -0.114. The summed E-state index contributed by atoms with van der Waals surface area (Å²) < 4.78 is 14.8. The maximum Gasteiger partial charge on any atom is 0.157 e. The van der Waals surface area contributed by atoms with Gasteiger partial charge in [-0.15, -0.1) is 0 Å². The van der Waals surface area contributed by atoms with Gasteiger partial charge in [0.2, 0.25) is 0 Å². The SMILES string of the molecule is Cc1ccc(S(=O)N[C@H]2C=CC(=O)C2)cc1. The zero-order valence-corrected chi connectivity index (χ0v) is 9.79. The van der Waals surface area contributed by atoms with Gasteiger partial charge in [-0.2, -0.15) is 0 Å². The van der Waals surface area contributed by atoms with Gasteiger partial charge < -0.3 is 0 Å². The standard InChI is InChI=1S/C12H13NO2S/c1-9-2-6-12(7-3-9)16(15)13-10-4-5-11(14)8-10/h2-7,10,13H,8H2,1H3/t10-,16?/m0/s1. The third kappa shape index (κ3) is 2.65. The highest BCUT2D eigenvalue weighted by atomic mass is 32.2. The van der Waals surface area contributed by atoms with Gasteiger partial charge in [-0.05, 0) is 25.1 Å². The van der Waals surface area contributed by atoms with E-state index in [1.54, 1.807) is 6.08 Å². The molecule has 84 valence electrons. The van der Waals surface area contributed by atoms with Gasteiger partial charge >= 0.3 is 0 Å². The Balaban J connectivity index is 2.01. The zero-order valence-electron chi connectivity index (χ0n) is 8.97. The Morgan fingerprint density at radius 2 is 2.00 bits per heavy atom. The van der Waals surface area contributed by atoms with E-state index in [0.29, 0.717) is 6.42 Å². The number of benzene rings is 1. The van der Waals surface area contributed by atoms with Gasteiger partial charge in [-0.1, -0.05) is 23.8 Å². The zero-order chi connectivity index (χ0) is 11.5. The molecular formula is C12H13NO2S. The number of nitrogens with one attached hydrogen (secondary N) is 1. The van der Waals surface area contributed by atoms with E-state index in [-0.39, 0.29) is 11.8 Å². The fourth-order valence-electron chi connectivity index (χ4n) is 1.52. The third-order valence-corrected chi connectivity index (χ3v) is 3.65. The summed E-state index contributed by atoms with van der Waals surface area (Å²) in [6.45, 7) is 1.98. The smallest absolute Gasteiger partial charge is 0.157 e. The van der Waals surface area contributed by atoms with Crippen LogP contribution < -0.4 is 4.72 Å². The van der Waals surface area contributed by atoms with E-state index >= 15 is 0 Å². The van der Waals surface area contributed by atoms with E-state index in [0.717, 1.165) is 10.5 Å². The Morgan fingerprint density at radius 3 is 2.56 bits per heavy atom. The first-order valence-electron chi connectivity index (χ1n) is 5.11. The number of carbonyl (C=O) groups excluding carboxylic acids is 1. The topological polar surface area (TPSA) is 46.2 Å². The van der Waals surface area contributed by atoms with E-state index in [1.165, 1.54) is 6.08 Å². The predicted octanol–water partition coefficient (Wildman–Crippen LogP) is 1.50. The molecule has 1 aliphatic rings. The maximum absolute atomic E-state index is 11.9. The highest BCUT2D eigenvalue weighted by molar-refractivity contribution is 7.83. The molecule has 0 spiro atoms. The van der Waals surface area contributed by atoms with Gasteiger partial charge in [0.15, 0.2) is 5.78 Å². The molecule has 0 amide bonds. The van der Waals surface area contributed by atoms with Crippen molar-refractivity contribution in [2.24, 2.45) is 0 Å². The second-order valence-corrected chi connectivity index (χ2v) is 5.08. The Morgan fingerprint density at radius 1 is 1.31 bits per heavy atom. The van der Waals surface area contributed by atoms with E-state index in [9.17, 15) is 9.00 Å². The van der Waals surface area contributed by atoms with Crippen LogP contribution in [0.25, 0.3) is 0 Å². The van der Waals surface area contributed by atoms with Crippen molar-refractivity contribution < 1.29 is 9.00 Å². The molecule has 0 fully saturated rings. The fraction of sp³-hybridized carbons (Fsp3) is 0.250. The Bertz CT molecular complexity index is 451. The van der Waals surface area contributed by atoms with Crippen LogP contribution in [0.2, 0.25) is 0 Å². The van der Waals surface area contributed by atoms with Crippen molar-refractivity contribution >= 4 is 16.8 Å². The molecule has 1 aromatic carbocycles. The van der Waals surface area contributed by atoms with Crippen LogP contribution in [-0.4, -0.2) is 16.0 Å². The Kier molecular flexibility index (Phi) is 3.31. The molecule has 2 rings (SSSR count). The van der Waals surface area contributed by atoms with Crippen molar-refractivity contribution in [2.75, 3.05) is 0 Å². The Hall–Kier alpha value is -1.26. The highest BCUT2D eigenvalue weighted by Gasteiger charge is 2.17. The van der Waals surface area contributed by atoms with Crippen LogP contribution in [0.3, 0.4) is 0 Å². The first-order chi connectivity index (χ1) is 7.65. The van der Waals surface area contributed by atoms with Crippen LogP contribution in [0.15, 0.2) is 41.3 Å². The maximum atomic E-state index is 11.9. The summed E-state index contributed by atoms with van der Waals surface area (Å²) in [6, 6.07) is 7.40. The average molecular weight is 235 g/mol. The monoisotopic (exact) mass is 235 g/mol. The second-order valence-electron chi connectivity index (χ2n) is 3.84. The average Bonchev–Trinajstić information content (AvgIpc) is 2.65. The first kappa shape index (κ1) is 11.2. The van der Waals surface area contributed by atoms with Crippen molar-refractivity contribution in [3.63, 3.8) is 0 Å². The molecule has 1 aliphatic carbocycles. The van der Waals surface area contributed by atoms with Crippen LogP contribution in [0.4, 0.5) is 0 Å². The molecule has 0 saturated carbocycles.